The summed E-state index contributed by atoms with van der Waals surface area (Å²) in [4.78, 5) is 27.5. The molecule has 1 aromatic carbocycles. The molecular formula is C22H21ClN8O. The number of aromatic nitrogens is 4. The Morgan fingerprint density at radius 1 is 1.09 bits per heavy atom. The van der Waals surface area contributed by atoms with Gasteiger partial charge in [-0.25, -0.2) is 9.97 Å². The van der Waals surface area contributed by atoms with Crippen molar-refractivity contribution in [2.45, 2.75) is 0 Å². The summed E-state index contributed by atoms with van der Waals surface area (Å²) < 4.78 is 1.74. The van der Waals surface area contributed by atoms with Crippen LogP contribution >= 0.6 is 11.6 Å². The lowest BCUT2D eigenvalue weighted by molar-refractivity contribution is 0.100. The summed E-state index contributed by atoms with van der Waals surface area (Å²) in [6.45, 7) is 3.84. The van der Waals surface area contributed by atoms with E-state index in [1.54, 1.807) is 10.8 Å². The third-order valence-corrected chi connectivity index (χ3v) is 5.67. The van der Waals surface area contributed by atoms with Gasteiger partial charge in [0.15, 0.2) is 5.82 Å². The molecule has 1 aliphatic heterocycles. The summed E-state index contributed by atoms with van der Waals surface area (Å²) in [5.41, 5.74) is 7.81. The third-order valence-electron chi connectivity index (χ3n) is 5.40. The highest BCUT2D eigenvalue weighted by molar-refractivity contribution is 6.32. The van der Waals surface area contributed by atoms with Gasteiger partial charge in [-0.1, -0.05) is 29.8 Å². The maximum Gasteiger partial charge on any atom is 0.250 e. The number of primary amides is 1. The van der Waals surface area contributed by atoms with Crippen molar-refractivity contribution in [1.29, 1.82) is 0 Å². The summed E-state index contributed by atoms with van der Waals surface area (Å²) >= 11 is 6.41. The number of carbonyl (C=O) groups excluding carboxylic acids is 1. The number of benzene rings is 1. The zero-order valence-corrected chi connectivity index (χ0v) is 17.9. The molecule has 10 heteroatoms. The molecule has 5 rings (SSSR count). The van der Waals surface area contributed by atoms with E-state index in [9.17, 15) is 4.79 Å². The normalized spacial score (nSPS) is 14.0. The Bertz CT molecular complexity index is 1280. The van der Waals surface area contributed by atoms with Crippen LogP contribution in [0.2, 0.25) is 5.02 Å². The number of piperazine rings is 1. The van der Waals surface area contributed by atoms with Crippen LogP contribution in [0.5, 0.6) is 0 Å². The van der Waals surface area contributed by atoms with E-state index in [0.29, 0.717) is 28.2 Å². The predicted molar refractivity (Wildman–Crippen MR) is 125 cm³/mol. The zero-order chi connectivity index (χ0) is 22.1. The molecule has 0 spiro atoms. The van der Waals surface area contributed by atoms with Crippen LogP contribution in [0.3, 0.4) is 0 Å². The van der Waals surface area contributed by atoms with Gasteiger partial charge in [0.25, 0.3) is 5.91 Å². The van der Waals surface area contributed by atoms with Gasteiger partial charge in [-0.3, -0.25) is 9.36 Å². The van der Waals surface area contributed by atoms with Gasteiger partial charge >= 0.3 is 0 Å². The molecule has 0 bridgehead atoms. The van der Waals surface area contributed by atoms with E-state index in [2.05, 4.69) is 30.5 Å². The first-order valence-corrected chi connectivity index (χ1v) is 10.6. The van der Waals surface area contributed by atoms with Gasteiger partial charge in [-0.05, 0) is 18.2 Å². The van der Waals surface area contributed by atoms with E-state index >= 15 is 0 Å². The number of nitrogens with two attached hydrogens (primary N) is 1. The number of hydrogen-bond acceptors (Lipinski definition) is 7. The number of anilines is 3. The van der Waals surface area contributed by atoms with Crippen molar-refractivity contribution in [2.75, 3.05) is 36.4 Å². The smallest absolute Gasteiger partial charge is 0.250 e. The first kappa shape index (κ1) is 20.2. The fraction of sp³-hybridized carbons (Fsp3) is 0.182. The molecule has 0 aliphatic carbocycles. The van der Waals surface area contributed by atoms with Crippen LogP contribution in [-0.4, -0.2) is 51.6 Å². The number of hydrogen-bond donors (Lipinski definition) is 3. The Kier molecular flexibility index (Phi) is 5.34. The first-order chi connectivity index (χ1) is 15.6. The van der Waals surface area contributed by atoms with E-state index in [-0.39, 0.29) is 0 Å². The average molecular weight is 449 g/mol. The van der Waals surface area contributed by atoms with Crippen LogP contribution in [0.1, 0.15) is 10.4 Å². The number of carbonyl (C=O) groups is 1. The second-order valence-electron chi connectivity index (χ2n) is 7.42. The third kappa shape index (κ3) is 3.83. The molecule has 0 radical (unpaired) electrons. The zero-order valence-electron chi connectivity index (χ0n) is 17.1. The van der Waals surface area contributed by atoms with Crippen molar-refractivity contribution < 1.29 is 4.79 Å². The molecule has 32 heavy (non-hydrogen) atoms. The van der Waals surface area contributed by atoms with Gasteiger partial charge in [-0.2, -0.15) is 4.98 Å². The summed E-state index contributed by atoms with van der Waals surface area (Å²) in [6, 6.07) is 11.4. The molecule has 1 saturated heterocycles. The highest BCUT2D eigenvalue weighted by atomic mass is 35.5. The fourth-order valence-corrected chi connectivity index (χ4v) is 4.01. The van der Waals surface area contributed by atoms with Crippen molar-refractivity contribution in [1.82, 2.24) is 24.8 Å². The quantitative estimate of drug-likeness (QED) is 0.430. The van der Waals surface area contributed by atoms with Crippen molar-refractivity contribution >= 4 is 45.9 Å². The van der Waals surface area contributed by atoms with Crippen molar-refractivity contribution in [3.8, 4) is 5.82 Å². The second kappa shape index (κ2) is 8.45. The van der Waals surface area contributed by atoms with Crippen molar-refractivity contribution in [2.24, 2.45) is 5.73 Å². The number of rotatable bonds is 5. The van der Waals surface area contributed by atoms with Gasteiger partial charge in [0.2, 0.25) is 5.95 Å². The number of nitrogens with zero attached hydrogens (tertiary/aromatic N) is 5. The minimum absolute atomic E-state index is 0.338. The molecular weight excluding hydrogens is 428 g/mol. The number of nitrogens with one attached hydrogen (secondary N) is 2. The van der Waals surface area contributed by atoms with E-state index in [1.807, 2.05) is 42.6 Å². The van der Waals surface area contributed by atoms with Crippen LogP contribution in [0, 0.1) is 0 Å². The van der Waals surface area contributed by atoms with Gasteiger partial charge in [-0.15, -0.1) is 0 Å². The van der Waals surface area contributed by atoms with E-state index < -0.39 is 5.91 Å². The second-order valence-corrected chi connectivity index (χ2v) is 7.83. The van der Waals surface area contributed by atoms with Crippen LogP contribution < -0.4 is 21.3 Å². The maximum absolute atomic E-state index is 11.9. The molecule has 4 heterocycles. The first-order valence-electron chi connectivity index (χ1n) is 10.2. The van der Waals surface area contributed by atoms with E-state index in [0.717, 1.165) is 42.8 Å². The standard InChI is InChI=1S/C22H21ClN8O/c23-17-12-27-22(28-19-6-5-14(11-26-19)30-9-7-25-8-10-30)29-21(17)31-13-16(20(24)32)15-3-1-2-4-18(15)31/h1-6,11-13,25H,7-10H2,(H2,24,32)(H,26,27,28,29). The summed E-state index contributed by atoms with van der Waals surface area (Å²) in [6.07, 6.45) is 4.99. The fourth-order valence-electron chi connectivity index (χ4n) is 3.82. The van der Waals surface area contributed by atoms with Gasteiger partial charge in [0.1, 0.15) is 10.8 Å². The average Bonchev–Trinajstić information content (AvgIpc) is 3.21. The highest BCUT2D eigenvalue weighted by Crippen LogP contribution is 2.28. The molecule has 1 aliphatic rings. The Morgan fingerprint density at radius 2 is 1.91 bits per heavy atom. The van der Waals surface area contributed by atoms with Crippen LogP contribution in [0.4, 0.5) is 17.5 Å². The highest BCUT2D eigenvalue weighted by Gasteiger charge is 2.17. The van der Waals surface area contributed by atoms with Crippen LogP contribution in [-0.2, 0) is 0 Å². The largest absolute Gasteiger partial charge is 0.368 e. The predicted octanol–water partition coefficient (Wildman–Crippen LogP) is 2.72. The number of pyridine rings is 1. The summed E-state index contributed by atoms with van der Waals surface area (Å²) in [5.74, 6) is 0.875. The molecule has 162 valence electrons. The Hall–Kier alpha value is -3.69. The molecule has 1 amide bonds. The molecule has 4 aromatic rings. The molecule has 0 unspecified atom stereocenters. The number of para-hydroxylation sites is 1. The van der Waals surface area contributed by atoms with Gasteiger partial charge < -0.3 is 21.3 Å². The summed E-state index contributed by atoms with van der Waals surface area (Å²) in [7, 11) is 0. The Morgan fingerprint density at radius 3 is 2.66 bits per heavy atom. The topological polar surface area (TPSA) is 114 Å². The Labute approximate surface area is 189 Å². The molecule has 1 fully saturated rings. The van der Waals surface area contributed by atoms with Crippen LogP contribution in [0.25, 0.3) is 16.7 Å². The summed E-state index contributed by atoms with van der Waals surface area (Å²) in [5, 5.41) is 7.54. The van der Waals surface area contributed by atoms with E-state index in [1.165, 1.54) is 6.20 Å². The molecule has 0 atom stereocenters. The monoisotopic (exact) mass is 448 g/mol. The van der Waals surface area contributed by atoms with E-state index in [4.69, 9.17) is 17.3 Å². The molecule has 3 aromatic heterocycles. The lowest BCUT2D eigenvalue weighted by Gasteiger charge is -2.29. The maximum atomic E-state index is 11.9. The lowest BCUT2D eigenvalue weighted by Crippen LogP contribution is -2.43. The van der Waals surface area contributed by atoms with Crippen LogP contribution in [0.15, 0.2) is 55.0 Å². The molecule has 9 nitrogen and oxygen atoms in total. The lowest BCUT2D eigenvalue weighted by atomic mass is 10.2. The minimum atomic E-state index is -0.516. The van der Waals surface area contributed by atoms with Crippen molar-refractivity contribution in [3.05, 3.63) is 65.6 Å². The van der Waals surface area contributed by atoms with Gasteiger partial charge in [0, 0.05) is 37.8 Å². The molecule has 0 saturated carbocycles. The number of halogens is 1. The number of amides is 1. The minimum Gasteiger partial charge on any atom is -0.368 e. The Balaban J connectivity index is 1.45. The molecule has 4 N–H and O–H groups in total. The number of fused-ring (bicyclic) bond motifs is 1. The van der Waals surface area contributed by atoms with Gasteiger partial charge in [0.05, 0.1) is 29.2 Å². The SMILES string of the molecule is NC(=O)c1cn(-c2nc(Nc3ccc(N4CCNCC4)cn3)ncc2Cl)c2ccccc12. The van der Waals surface area contributed by atoms with Crippen molar-refractivity contribution in [3.63, 3.8) is 0 Å².